The topological polar surface area (TPSA) is 79.5 Å². The first-order valence-corrected chi connectivity index (χ1v) is 5.38. The Hall–Kier alpha value is -2.48. The second-order valence-electron chi connectivity index (χ2n) is 3.31. The van der Waals surface area contributed by atoms with Crippen LogP contribution in [-0.2, 0) is 14.3 Å². The van der Waals surface area contributed by atoms with Gasteiger partial charge in [-0.05, 0) is 19.1 Å². The summed E-state index contributed by atoms with van der Waals surface area (Å²) in [6.45, 7) is 1.68. The van der Waals surface area contributed by atoms with E-state index in [1.807, 2.05) is 6.07 Å². The molecule has 0 aliphatic rings. The van der Waals surface area contributed by atoms with Gasteiger partial charge >= 0.3 is 5.97 Å². The second-order valence-corrected chi connectivity index (χ2v) is 3.31. The van der Waals surface area contributed by atoms with E-state index < -0.39 is 17.7 Å². The summed E-state index contributed by atoms with van der Waals surface area (Å²) in [5.74, 6) is -3.13. The van der Waals surface area contributed by atoms with Crippen molar-refractivity contribution in [3.05, 3.63) is 30.3 Å². The van der Waals surface area contributed by atoms with Crippen LogP contribution in [-0.4, -0.2) is 24.6 Å². The number of esters is 1. The van der Waals surface area contributed by atoms with Crippen LogP contribution < -0.4 is 0 Å². The molecule has 1 aromatic carbocycles. The van der Waals surface area contributed by atoms with Gasteiger partial charge in [0.25, 0.3) is 5.78 Å². The third-order valence-electron chi connectivity index (χ3n) is 2.03. The van der Waals surface area contributed by atoms with Gasteiger partial charge in [0, 0.05) is 6.21 Å². The number of para-hydroxylation sites is 1. The molecule has 1 unspecified atom stereocenters. The number of benzene rings is 1. The van der Waals surface area contributed by atoms with Crippen LogP contribution in [0.3, 0.4) is 0 Å². The summed E-state index contributed by atoms with van der Waals surface area (Å²) >= 11 is 0. The van der Waals surface area contributed by atoms with E-state index in [9.17, 15) is 9.59 Å². The number of rotatable bonds is 5. The molecule has 0 aliphatic heterocycles. The van der Waals surface area contributed by atoms with Crippen LogP contribution in [0, 0.1) is 17.2 Å². The summed E-state index contributed by atoms with van der Waals surface area (Å²) in [7, 11) is 0. The van der Waals surface area contributed by atoms with Gasteiger partial charge in [0.2, 0.25) is 0 Å². The summed E-state index contributed by atoms with van der Waals surface area (Å²) in [4.78, 5) is 26.6. The number of hydrogen-bond donors (Lipinski definition) is 0. The monoisotopic (exact) mass is 244 g/mol. The van der Waals surface area contributed by atoms with Crippen molar-refractivity contribution in [2.24, 2.45) is 10.9 Å². The predicted octanol–water partition coefficient (Wildman–Crippen LogP) is 1.66. The highest BCUT2D eigenvalue weighted by Crippen LogP contribution is 2.10. The summed E-state index contributed by atoms with van der Waals surface area (Å²) in [5, 5.41) is 8.82. The second kappa shape index (κ2) is 6.97. The SMILES string of the molecule is CCOC(=O)C(=O)C(C#N)C=Nc1ccccc1. The molecule has 0 saturated heterocycles. The van der Waals surface area contributed by atoms with Crippen LogP contribution in [0.25, 0.3) is 0 Å². The molecule has 0 aliphatic carbocycles. The summed E-state index contributed by atoms with van der Waals surface area (Å²) in [6.07, 6.45) is 1.15. The first-order valence-electron chi connectivity index (χ1n) is 5.38. The zero-order valence-corrected chi connectivity index (χ0v) is 9.87. The van der Waals surface area contributed by atoms with E-state index in [0.29, 0.717) is 5.69 Å². The van der Waals surface area contributed by atoms with E-state index in [1.54, 1.807) is 37.3 Å². The molecule has 1 atom stereocenters. The largest absolute Gasteiger partial charge is 0.460 e. The molecule has 1 rings (SSSR count). The minimum Gasteiger partial charge on any atom is -0.460 e. The zero-order valence-electron chi connectivity index (χ0n) is 9.87. The molecule has 18 heavy (non-hydrogen) atoms. The molecule has 0 radical (unpaired) electrons. The normalized spacial score (nSPS) is 11.8. The van der Waals surface area contributed by atoms with Crippen LogP contribution in [0.5, 0.6) is 0 Å². The Balaban J connectivity index is 2.74. The molecule has 1 aromatic rings. The first-order chi connectivity index (χ1) is 8.69. The molecule has 5 nitrogen and oxygen atoms in total. The van der Waals surface area contributed by atoms with Crippen molar-refractivity contribution in [1.29, 1.82) is 5.26 Å². The summed E-state index contributed by atoms with van der Waals surface area (Å²) in [5.41, 5.74) is 0.606. The molecule has 0 N–H and O–H groups in total. The number of ketones is 1. The lowest BCUT2D eigenvalue weighted by molar-refractivity contribution is -0.153. The van der Waals surface area contributed by atoms with Crippen molar-refractivity contribution >= 4 is 23.7 Å². The highest BCUT2D eigenvalue weighted by molar-refractivity contribution is 6.38. The Morgan fingerprint density at radius 3 is 2.67 bits per heavy atom. The number of hydrogen-bond acceptors (Lipinski definition) is 5. The number of carbonyl (C=O) groups is 2. The Kier molecular flexibility index (Phi) is 5.26. The molecular weight excluding hydrogens is 232 g/mol. The zero-order chi connectivity index (χ0) is 13.4. The highest BCUT2D eigenvalue weighted by atomic mass is 16.5. The lowest BCUT2D eigenvalue weighted by Crippen LogP contribution is -2.25. The first kappa shape index (κ1) is 13.6. The molecule has 0 amide bonds. The lowest BCUT2D eigenvalue weighted by Gasteiger charge is -2.02. The van der Waals surface area contributed by atoms with E-state index in [2.05, 4.69) is 9.73 Å². The summed E-state index contributed by atoms with van der Waals surface area (Å²) < 4.78 is 4.54. The van der Waals surface area contributed by atoms with Gasteiger partial charge in [-0.25, -0.2) is 4.79 Å². The van der Waals surface area contributed by atoms with Crippen molar-refractivity contribution < 1.29 is 14.3 Å². The van der Waals surface area contributed by atoms with Crippen molar-refractivity contribution in [1.82, 2.24) is 0 Å². The van der Waals surface area contributed by atoms with Gasteiger partial charge in [0.05, 0.1) is 18.4 Å². The van der Waals surface area contributed by atoms with Gasteiger partial charge in [-0.1, -0.05) is 18.2 Å². The van der Waals surface area contributed by atoms with Gasteiger partial charge in [0.1, 0.15) is 0 Å². The maximum Gasteiger partial charge on any atom is 0.376 e. The van der Waals surface area contributed by atoms with Crippen LogP contribution in [0.2, 0.25) is 0 Å². The van der Waals surface area contributed by atoms with Crippen LogP contribution in [0.15, 0.2) is 35.3 Å². The van der Waals surface area contributed by atoms with Gasteiger partial charge in [-0.2, -0.15) is 5.26 Å². The summed E-state index contributed by atoms with van der Waals surface area (Å²) in [6, 6.07) is 10.5. The fraction of sp³-hybridized carbons (Fsp3) is 0.231. The van der Waals surface area contributed by atoms with E-state index in [1.165, 1.54) is 0 Å². The van der Waals surface area contributed by atoms with E-state index in [0.717, 1.165) is 6.21 Å². The minimum absolute atomic E-state index is 0.0958. The maximum absolute atomic E-state index is 11.5. The van der Waals surface area contributed by atoms with Gasteiger partial charge < -0.3 is 4.74 Å². The number of nitrogens with zero attached hydrogens (tertiary/aromatic N) is 2. The molecule has 0 spiro atoms. The van der Waals surface area contributed by atoms with Crippen molar-refractivity contribution in [3.8, 4) is 6.07 Å². The Labute approximate surface area is 105 Å². The van der Waals surface area contributed by atoms with E-state index in [-0.39, 0.29) is 6.61 Å². The van der Waals surface area contributed by atoms with Gasteiger partial charge in [-0.3, -0.25) is 9.79 Å². The average Bonchev–Trinajstić information content (AvgIpc) is 2.40. The Morgan fingerprint density at radius 1 is 1.44 bits per heavy atom. The standard InChI is InChI=1S/C13H12N2O3/c1-2-18-13(17)12(16)10(8-14)9-15-11-6-4-3-5-7-11/h3-7,9-10H,2H2,1H3. The maximum atomic E-state index is 11.5. The molecule has 0 fully saturated rings. The van der Waals surface area contributed by atoms with Crippen LogP contribution >= 0.6 is 0 Å². The van der Waals surface area contributed by atoms with E-state index in [4.69, 9.17) is 5.26 Å². The predicted molar refractivity (Wildman–Crippen MR) is 65.3 cm³/mol. The van der Waals surface area contributed by atoms with Crippen molar-refractivity contribution in [2.45, 2.75) is 6.92 Å². The number of carbonyl (C=O) groups excluding carboxylic acids is 2. The van der Waals surface area contributed by atoms with Crippen LogP contribution in [0.4, 0.5) is 5.69 Å². The number of aliphatic imine (C=N–C) groups is 1. The molecule has 0 heterocycles. The van der Waals surface area contributed by atoms with Crippen molar-refractivity contribution in [2.75, 3.05) is 6.61 Å². The molecule has 5 heteroatoms. The smallest absolute Gasteiger partial charge is 0.376 e. The van der Waals surface area contributed by atoms with Crippen LogP contribution in [0.1, 0.15) is 6.92 Å². The van der Waals surface area contributed by atoms with Gasteiger partial charge in [0.15, 0.2) is 5.92 Å². The number of nitriles is 1. The van der Waals surface area contributed by atoms with Crippen molar-refractivity contribution in [3.63, 3.8) is 0 Å². The Morgan fingerprint density at radius 2 is 2.11 bits per heavy atom. The third kappa shape index (κ3) is 3.83. The quantitative estimate of drug-likeness (QED) is 0.448. The van der Waals surface area contributed by atoms with E-state index >= 15 is 0 Å². The number of ether oxygens (including phenoxy) is 1. The lowest BCUT2D eigenvalue weighted by atomic mass is 10.1. The highest BCUT2D eigenvalue weighted by Gasteiger charge is 2.24. The molecule has 0 saturated carbocycles. The molecule has 0 bridgehead atoms. The molecular formula is C13H12N2O3. The third-order valence-corrected chi connectivity index (χ3v) is 2.03. The fourth-order valence-corrected chi connectivity index (χ4v) is 1.16. The van der Waals surface area contributed by atoms with Gasteiger partial charge in [-0.15, -0.1) is 0 Å². The number of Topliss-reactive ketones (excluding diaryl/α,β-unsaturated/α-hetero) is 1. The molecule has 0 aromatic heterocycles. The molecule has 92 valence electrons. The fourth-order valence-electron chi connectivity index (χ4n) is 1.16. The average molecular weight is 244 g/mol. The Bertz CT molecular complexity index is 489. The minimum atomic E-state index is -1.22.